The third kappa shape index (κ3) is 3.60. The lowest BCUT2D eigenvalue weighted by Gasteiger charge is -2.11. The molecule has 3 nitrogen and oxygen atoms in total. The third-order valence-electron chi connectivity index (χ3n) is 2.35. The van der Waals surface area contributed by atoms with Gasteiger partial charge in [-0.2, -0.15) is 0 Å². The van der Waals surface area contributed by atoms with Gasteiger partial charge in [-0.3, -0.25) is 9.78 Å². The zero-order valence-corrected chi connectivity index (χ0v) is 10.9. The number of nitrogens with one attached hydrogen (secondary N) is 1. The number of nitrogens with zero attached hydrogens (tertiary/aromatic N) is 1. The van der Waals surface area contributed by atoms with Gasteiger partial charge in [-0.05, 0) is 31.2 Å². The molecule has 1 amide bonds. The van der Waals surface area contributed by atoms with Crippen molar-refractivity contribution in [3.63, 3.8) is 0 Å². The van der Waals surface area contributed by atoms with Gasteiger partial charge in [-0.15, -0.1) is 11.8 Å². The Hall–Kier alpha value is -1.81. The Labute approximate surface area is 111 Å². The minimum Gasteiger partial charge on any atom is -0.324 e. The molecule has 0 aliphatic carbocycles. The molecule has 18 heavy (non-hydrogen) atoms. The van der Waals surface area contributed by atoms with Crippen molar-refractivity contribution in [2.45, 2.75) is 17.1 Å². The molecule has 0 fully saturated rings. The lowest BCUT2D eigenvalue weighted by atomic mass is 10.4. The van der Waals surface area contributed by atoms with Crippen LogP contribution in [0.15, 0.2) is 59.8 Å². The second-order valence-electron chi connectivity index (χ2n) is 3.80. The van der Waals surface area contributed by atoms with Crippen molar-refractivity contribution in [1.29, 1.82) is 0 Å². The molecule has 1 aromatic heterocycles. The zero-order valence-electron chi connectivity index (χ0n) is 10.0. The number of anilines is 1. The number of benzene rings is 1. The van der Waals surface area contributed by atoms with Crippen LogP contribution in [0, 0.1) is 0 Å². The summed E-state index contributed by atoms with van der Waals surface area (Å²) in [5, 5.41) is 2.69. The van der Waals surface area contributed by atoms with Gasteiger partial charge >= 0.3 is 0 Å². The van der Waals surface area contributed by atoms with Crippen LogP contribution in [0.5, 0.6) is 0 Å². The van der Waals surface area contributed by atoms with Crippen LogP contribution in [0.4, 0.5) is 5.69 Å². The highest BCUT2D eigenvalue weighted by atomic mass is 32.2. The molecule has 0 aliphatic rings. The van der Waals surface area contributed by atoms with Gasteiger partial charge in [0.1, 0.15) is 0 Å². The number of carbonyl (C=O) groups is 1. The number of hydrogen-bond donors (Lipinski definition) is 1. The second-order valence-corrected chi connectivity index (χ2v) is 5.22. The van der Waals surface area contributed by atoms with Crippen molar-refractivity contribution in [3.05, 3.63) is 54.9 Å². The Bertz CT molecular complexity index is 502. The summed E-state index contributed by atoms with van der Waals surface area (Å²) in [5.41, 5.74) is 0.725. The summed E-state index contributed by atoms with van der Waals surface area (Å²) in [4.78, 5) is 17.0. The van der Waals surface area contributed by atoms with Gasteiger partial charge in [0.15, 0.2) is 0 Å². The summed E-state index contributed by atoms with van der Waals surface area (Å²) >= 11 is 1.54. The monoisotopic (exact) mass is 258 g/mol. The number of hydrogen-bond acceptors (Lipinski definition) is 3. The standard InChI is InChI=1S/C14H14N2OS/c1-11(18-13-7-3-2-4-8-13)14(17)16-12-6-5-9-15-10-12/h2-11H,1H3,(H,16,17)/t11-/m1/s1. The molecule has 92 valence electrons. The van der Waals surface area contributed by atoms with E-state index in [-0.39, 0.29) is 11.2 Å². The largest absolute Gasteiger partial charge is 0.324 e. The van der Waals surface area contributed by atoms with Crippen LogP contribution in [0.1, 0.15) is 6.92 Å². The Balaban J connectivity index is 1.93. The maximum atomic E-state index is 12.0. The average Bonchev–Trinajstić information content (AvgIpc) is 2.41. The molecule has 0 saturated carbocycles. The summed E-state index contributed by atoms with van der Waals surface area (Å²) in [6.45, 7) is 1.89. The first-order valence-corrected chi connectivity index (χ1v) is 6.56. The van der Waals surface area contributed by atoms with Crippen molar-refractivity contribution in [2.24, 2.45) is 0 Å². The van der Waals surface area contributed by atoms with E-state index in [0.29, 0.717) is 0 Å². The lowest BCUT2D eigenvalue weighted by Crippen LogP contribution is -2.22. The van der Waals surface area contributed by atoms with Gasteiger partial charge in [0, 0.05) is 11.1 Å². The van der Waals surface area contributed by atoms with Gasteiger partial charge < -0.3 is 5.32 Å². The van der Waals surface area contributed by atoms with E-state index < -0.39 is 0 Å². The minimum atomic E-state index is -0.146. The highest BCUT2D eigenvalue weighted by Gasteiger charge is 2.14. The number of thioether (sulfide) groups is 1. The van der Waals surface area contributed by atoms with E-state index in [9.17, 15) is 4.79 Å². The summed E-state index contributed by atoms with van der Waals surface area (Å²) in [5.74, 6) is -0.0168. The predicted molar refractivity (Wildman–Crippen MR) is 74.6 cm³/mol. The molecule has 0 saturated heterocycles. The van der Waals surface area contributed by atoms with Crippen LogP contribution in [-0.2, 0) is 4.79 Å². The number of pyridine rings is 1. The van der Waals surface area contributed by atoms with E-state index in [1.165, 1.54) is 11.8 Å². The van der Waals surface area contributed by atoms with Crippen molar-refractivity contribution in [2.75, 3.05) is 5.32 Å². The van der Waals surface area contributed by atoms with Gasteiger partial charge in [-0.25, -0.2) is 0 Å². The van der Waals surface area contributed by atoms with Gasteiger partial charge in [0.25, 0.3) is 0 Å². The van der Waals surface area contributed by atoms with Gasteiger partial charge in [0.05, 0.1) is 17.1 Å². The first kappa shape index (κ1) is 12.6. The van der Waals surface area contributed by atoms with E-state index in [4.69, 9.17) is 0 Å². The average molecular weight is 258 g/mol. The molecule has 0 radical (unpaired) electrons. The fraction of sp³-hybridized carbons (Fsp3) is 0.143. The van der Waals surface area contributed by atoms with Gasteiger partial charge in [0.2, 0.25) is 5.91 Å². The van der Waals surface area contributed by atoms with Crippen LogP contribution >= 0.6 is 11.8 Å². The Kier molecular flexibility index (Phi) is 4.36. The summed E-state index contributed by atoms with van der Waals surface area (Å²) in [7, 11) is 0. The smallest absolute Gasteiger partial charge is 0.237 e. The fourth-order valence-electron chi connectivity index (χ4n) is 1.44. The molecular weight excluding hydrogens is 244 g/mol. The Morgan fingerprint density at radius 2 is 2.00 bits per heavy atom. The second kappa shape index (κ2) is 6.21. The fourth-order valence-corrected chi connectivity index (χ4v) is 2.33. The Morgan fingerprint density at radius 1 is 1.22 bits per heavy atom. The van der Waals surface area contributed by atoms with Crippen LogP contribution < -0.4 is 5.32 Å². The molecule has 4 heteroatoms. The zero-order chi connectivity index (χ0) is 12.8. The first-order chi connectivity index (χ1) is 8.75. The molecule has 2 aromatic rings. The van der Waals surface area contributed by atoms with Crippen LogP contribution in [0.3, 0.4) is 0 Å². The van der Waals surface area contributed by atoms with E-state index in [2.05, 4.69) is 10.3 Å². The molecule has 0 unspecified atom stereocenters. The number of rotatable bonds is 4. The van der Waals surface area contributed by atoms with E-state index >= 15 is 0 Å². The van der Waals surface area contributed by atoms with Gasteiger partial charge in [-0.1, -0.05) is 18.2 Å². The molecular formula is C14H14N2OS. The summed E-state index contributed by atoms with van der Waals surface area (Å²) in [6, 6.07) is 13.5. The topological polar surface area (TPSA) is 42.0 Å². The van der Waals surface area contributed by atoms with Crippen molar-refractivity contribution >= 4 is 23.4 Å². The van der Waals surface area contributed by atoms with Crippen molar-refractivity contribution in [1.82, 2.24) is 4.98 Å². The molecule has 2 rings (SSSR count). The highest BCUT2D eigenvalue weighted by molar-refractivity contribution is 8.00. The SMILES string of the molecule is C[C@@H](Sc1ccccc1)C(=O)Nc1cccnc1. The molecule has 0 spiro atoms. The first-order valence-electron chi connectivity index (χ1n) is 5.68. The third-order valence-corrected chi connectivity index (χ3v) is 3.47. The lowest BCUT2D eigenvalue weighted by molar-refractivity contribution is -0.115. The molecule has 1 aromatic carbocycles. The minimum absolute atomic E-state index is 0.0168. The molecule has 0 aliphatic heterocycles. The van der Waals surface area contributed by atoms with Crippen LogP contribution in [0.25, 0.3) is 0 Å². The number of carbonyl (C=O) groups excluding carboxylic acids is 1. The summed E-state index contributed by atoms with van der Waals surface area (Å²) in [6.07, 6.45) is 3.32. The normalized spacial score (nSPS) is 11.8. The van der Waals surface area contributed by atoms with E-state index in [0.717, 1.165) is 10.6 Å². The number of aromatic nitrogens is 1. The molecule has 1 heterocycles. The summed E-state index contributed by atoms with van der Waals surface area (Å²) < 4.78 is 0. The number of amides is 1. The van der Waals surface area contributed by atoms with Crippen molar-refractivity contribution in [3.8, 4) is 0 Å². The quantitative estimate of drug-likeness (QED) is 0.856. The molecule has 1 N–H and O–H groups in total. The molecule has 1 atom stereocenters. The van der Waals surface area contributed by atoms with Crippen molar-refractivity contribution < 1.29 is 4.79 Å². The maximum Gasteiger partial charge on any atom is 0.237 e. The predicted octanol–water partition coefficient (Wildman–Crippen LogP) is 3.20. The Morgan fingerprint density at radius 3 is 2.67 bits per heavy atom. The maximum absolute atomic E-state index is 12.0. The van der Waals surface area contributed by atoms with E-state index in [1.807, 2.05) is 43.3 Å². The molecule has 0 bridgehead atoms. The van der Waals surface area contributed by atoms with Crippen LogP contribution in [0.2, 0.25) is 0 Å². The highest BCUT2D eigenvalue weighted by Crippen LogP contribution is 2.23. The van der Waals surface area contributed by atoms with Crippen LogP contribution in [-0.4, -0.2) is 16.1 Å². The van der Waals surface area contributed by atoms with E-state index in [1.54, 1.807) is 18.5 Å².